The van der Waals surface area contributed by atoms with Crippen molar-refractivity contribution in [3.8, 4) is 0 Å². The third-order valence-electron chi connectivity index (χ3n) is 4.92. The smallest absolute Gasteiger partial charge is 0.293 e. The Hall–Kier alpha value is -2.18. The molecular weight excluding hydrogens is 318 g/mol. The number of nitrogens with zero attached hydrogens (tertiary/aromatic N) is 5. The molecule has 7 heteroatoms. The largest absolute Gasteiger partial charge is 0.341 e. The van der Waals surface area contributed by atoms with Crippen LogP contribution in [0, 0.1) is 12.8 Å². The Morgan fingerprint density at radius 2 is 1.92 bits per heavy atom. The number of aryl methyl sites for hydroxylation is 1. The van der Waals surface area contributed by atoms with Crippen LogP contribution in [0.4, 0.5) is 0 Å². The lowest BCUT2D eigenvalue weighted by Crippen LogP contribution is -2.42. The number of fused-ring (bicyclic) bond motifs is 1. The Balaban J connectivity index is 1.96. The molecule has 1 aliphatic heterocycles. The standard InChI is InChI=1S/C18H27N5O2/c1-12-6-8-21(9-7-12)15(24)11-22-17(25)16-14(13(2)20-22)10-19-23(16)18(3,4)5/h10,12H,6-9,11H2,1-5H3. The molecule has 1 aliphatic rings. The monoisotopic (exact) mass is 345 g/mol. The molecule has 0 spiro atoms. The first-order valence-corrected chi connectivity index (χ1v) is 8.92. The second kappa shape index (κ2) is 6.28. The van der Waals surface area contributed by atoms with Crippen molar-refractivity contribution in [1.82, 2.24) is 24.5 Å². The third kappa shape index (κ3) is 3.32. The van der Waals surface area contributed by atoms with Gasteiger partial charge in [0.2, 0.25) is 5.91 Å². The fraction of sp³-hybridized carbons (Fsp3) is 0.667. The number of amides is 1. The summed E-state index contributed by atoms with van der Waals surface area (Å²) in [4.78, 5) is 27.4. The molecular formula is C18H27N5O2. The highest BCUT2D eigenvalue weighted by atomic mass is 16.2. The lowest BCUT2D eigenvalue weighted by Gasteiger charge is -2.30. The zero-order chi connectivity index (χ0) is 18.4. The van der Waals surface area contributed by atoms with E-state index in [2.05, 4.69) is 17.1 Å². The van der Waals surface area contributed by atoms with Gasteiger partial charge in [-0.25, -0.2) is 4.68 Å². The second-order valence-electron chi connectivity index (χ2n) is 8.10. The molecule has 7 nitrogen and oxygen atoms in total. The molecule has 2 aromatic rings. The highest BCUT2D eigenvalue weighted by Gasteiger charge is 2.24. The fourth-order valence-corrected chi connectivity index (χ4v) is 3.32. The van der Waals surface area contributed by atoms with Crippen LogP contribution in [0.3, 0.4) is 0 Å². The predicted molar refractivity (Wildman–Crippen MR) is 96.5 cm³/mol. The van der Waals surface area contributed by atoms with Crippen LogP contribution in [0.25, 0.3) is 10.9 Å². The molecule has 2 aromatic heterocycles. The Kier molecular flexibility index (Phi) is 4.43. The molecule has 0 atom stereocenters. The van der Waals surface area contributed by atoms with Crippen molar-refractivity contribution >= 4 is 16.8 Å². The van der Waals surface area contributed by atoms with Crippen LogP contribution in [0.2, 0.25) is 0 Å². The van der Waals surface area contributed by atoms with E-state index < -0.39 is 0 Å². The number of hydrogen-bond donors (Lipinski definition) is 0. The van der Waals surface area contributed by atoms with Crippen LogP contribution in [-0.4, -0.2) is 43.5 Å². The van der Waals surface area contributed by atoms with Gasteiger partial charge in [0.1, 0.15) is 12.1 Å². The highest BCUT2D eigenvalue weighted by Crippen LogP contribution is 2.20. The van der Waals surface area contributed by atoms with E-state index in [-0.39, 0.29) is 23.6 Å². The maximum Gasteiger partial charge on any atom is 0.293 e. The summed E-state index contributed by atoms with van der Waals surface area (Å²) in [6.45, 7) is 11.6. The van der Waals surface area contributed by atoms with Gasteiger partial charge in [-0.2, -0.15) is 10.2 Å². The molecule has 0 bridgehead atoms. The van der Waals surface area contributed by atoms with E-state index in [0.29, 0.717) is 17.1 Å². The van der Waals surface area contributed by atoms with Gasteiger partial charge in [0.15, 0.2) is 0 Å². The molecule has 0 radical (unpaired) electrons. The van der Waals surface area contributed by atoms with E-state index in [9.17, 15) is 9.59 Å². The molecule has 0 N–H and O–H groups in total. The summed E-state index contributed by atoms with van der Waals surface area (Å²) in [5.74, 6) is 0.617. The maximum atomic E-state index is 12.9. The van der Waals surface area contributed by atoms with E-state index >= 15 is 0 Å². The number of carbonyl (C=O) groups is 1. The minimum Gasteiger partial charge on any atom is -0.341 e. The average molecular weight is 345 g/mol. The van der Waals surface area contributed by atoms with Gasteiger partial charge in [-0.15, -0.1) is 0 Å². The highest BCUT2D eigenvalue weighted by molar-refractivity contribution is 5.81. The van der Waals surface area contributed by atoms with E-state index in [4.69, 9.17) is 0 Å². The SMILES string of the molecule is Cc1nn(CC(=O)N2CCC(C)CC2)c(=O)c2c1cnn2C(C)(C)C. The zero-order valence-electron chi connectivity index (χ0n) is 15.7. The van der Waals surface area contributed by atoms with E-state index in [1.807, 2.05) is 32.6 Å². The van der Waals surface area contributed by atoms with E-state index in [1.165, 1.54) is 4.68 Å². The molecule has 1 saturated heterocycles. The summed E-state index contributed by atoms with van der Waals surface area (Å²) < 4.78 is 3.02. The summed E-state index contributed by atoms with van der Waals surface area (Å²) in [6.07, 6.45) is 3.72. The number of hydrogen-bond acceptors (Lipinski definition) is 4. The minimum absolute atomic E-state index is 0.0146. The van der Waals surface area contributed by atoms with Crippen molar-refractivity contribution in [3.05, 3.63) is 22.2 Å². The number of likely N-dealkylation sites (tertiary alicyclic amines) is 1. The van der Waals surface area contributed by atoms with Gasteiger partial charge in [-0.3, -0.25) is 14.3 Å². The van der Waals surface area contributed by atoms with Crippen molar-refractivity contribution in [2.45, 2.75) is 59.5 Å². The first kappa shape index (κ1) is 17.6. The van der Waals surface area contributed by atoms with Gasteiger partial charge in [0.05, 0.1) is 17.4 Å². The van der Waals surface area contributed by atoms with Gasteiger partial charge in [-0.05, 0) is 46.5 Å². The van der Waals surface area contributed by atoms with Gasteiger partial charge >= 0.3 is 0 Å². The minimum atomic E-state index is -0.320. The Bertz CT molecular complexity index is 851. The number of rotatable bonds is 2. The van der Waals surface area contributed by atoms with Gasteiger partial charge in [-0.1, -0.05) is 6.92 Å². The molecule has 3 rings (SSSR count). The predicted octanol–water partition coefficient (Wildman–Crippen LogP) is 1.91. The Morgan fingerprint density at radius 1 is 1.28 bits per heavy atom. The fourth-order valence-electron chi connectivity index (χ4n) is 3.32. The maximum absolute atomic E-state index is 12.9. The molecule has 1 fully saturated rings. The van der Waals surface area contributed by atoms with Crippen LogP contribution in [0.15, 0.2) is 11.0 Å². The van der Waals surface area contributed by atoms with Crippen molar-refractivity contribution < 1.29 is 4.79 Å². The van der Waals surface area contributed by atoms with E-state index in [1.54, 1.807) is 10.9 Å². The summed E-state index contributed by atoms with van der Waals surface area (Å²) in [6, 6.07) is 0. The topological polar surface area (TPSA) is 73.0 Å². The molecule has 3 heterocycles. The second-order valence-corrected chi connectivity index (χ2v) is 8.10. The molecule has 25 heavy (non-hydrogen) atoms. The van der Waals surface area contributed by atoms with Crippen molar-refractivity contribution in [2.24, 2.45) is 5.92 Å². The van der Waals surface area contributed by atoms with Gasteiger partial charge in [0, 0.05) is 18.5 Å². The first-order chi connectivity index (χ1) is 11.7. The number of aromatic nitrogens is 4. The molecule has 0 unspecified atom stereocenters. The lowest BCUT2D eigenvalue weighted by molar-refractivity contribution is -0.133. The zero-order valence-corrected chi connectivity index (χ0v) is 15.7. The van der Waals surface area contributed by atoms with E-state index in [0.717, 1.165) is 31.3 Å². The van der Waals surface area contributed by atoms with Crippen LogP contribution >= 0.6 is 0 Å². The average Bonchev–Trinajstić information content (AvgIpc) is 2.99. The third-order valence-corrected chi connectivity index (χ3v) is 4.92. The van der Waals surface area contributed by atoms with Gasteiger partial charge in [0.25, 0.3) is 5.56 Å². The quantitative estimate of drug-likeness (QED) is 0.833. The molecule has 136 valence electrons. The molecule has 1 amide bonds. The van der Waals surface area contributed by atoms with Crippen LogP contribution in [0.5, 0.6) is 0 Å². The number of piperidine rings is 1. The van der Waals surface area contributed by atoms with Crippen molar-refractivity contribution in [2.75, 3.05) is 13.1 Å². The summed E-state index contributed by atoms with van der Waals surface area (Å²) in [5, 5.41) is 9.47. The van der Waals surface area contributed by atoms with Crippen molar-refractivity contribution in [3.63, 3.8) is 0 Å². The summed E-state index contributed by atoms with van der Waals surface area (Å²) >= 11 is 0. The van der Waals surface area contributed by atoms with Crippen LogP contribution < -0.4 is 5.56 Å². The van der Waals surface area contributed by atoms with Crippen LogP contribution in [0.1, 0.15) is 46.2 Å². The Labute approximate surface area is 147 Å². The van der Waals surface area contributed by atoms with Crippen molar-refractivity contribution in [1.29, 1.82) is 0 Å². The van der Waals surface area contributed by atoms with Crippen LogP contribution in [-0.2, 0) is 16.9 Å². The first-order valence-electron chi connectivity index (χ1n) is 8.92. The molecule has 0 saturated carbocycles. The normalized spacial score (nSPS) is 16.6. The summed E-state index contributed by atoms with van der Waals surface area (Å²) in [7, 11) is 0. The molecule has 0 aromatic carbocycles. The number of carbonyl (C=O) groups excluding carboxylic acids is 1. The Morgan fingerprint density at radius 3 is 2.52 bits per heavy atom. The molecule has 0 aliphatic carbocycles. The van der Waals surface area contributed by atoms with Gasteiger partial charge < -0.3 is 4.90 Å². The lowest BCUT2D eigenvalue weighted by atomic mass is 9.99. The summed E-state index contributed by atoms with van der Waals surface area (Å²) in [5.41, 5.74) is 0.650.